The van der Waals surface area contributed by atoms with E-state index in [0.29, 0.717) is 0 Å². The lowest BCUT2D eigenvalue weighted by Gasteiger charge is -2.22. The number of hydrogen-bond acceptors (Lipinski definition) is 1. The normalized spacial score (nSPS) is 15.7. The Balaban J connectivity index is 2.22. The number of rotatable bonds is 5. The molecule has 0 aliphatic heterocycles. The Morgan fingerprint density at radius 2 is 1.58 bits per heavy atom. The molecule has 2 aromatic carbocycles. The molecule has 0 heterocycles. The van der Waals surface area contributed by atoms with E-state index in [2.05, 4.69) is 5.09 Å². The molecule has 0 aromatic heterocycles. The van der Waals surface area contributed by atoms with Crippen molar-refractivity contribution >= 4 is 24.2 Å². The summed E-state index contributed by atoms with van der Waals surface area (Å²) >= 11 is 5.95. The lowest BCUT2D eigenvalue weighted by Crippen LogP contribution is -2.23. The van der Waals surface area contributed by atoms with E-state index in [4.69, 9.17) is 11.6 Å². The van der Waals surface area contributed by atoms with Crippen molar-refractivity contribution in [1.82, 2.24) is 5.09 Å². The first-order valence-electron chi connectivity index (χ1n) is 6.19. The van der Waals surface area contributed by atoms with E-state index in [1.54, 1.807) is 0 Å². The predicted molar refractivity (Wildman–Crippen MR) is 82.4 cm³/mol. The second-order valence-electron chi connectivity index (χ2n) is 4.46. The van der Waals surface area contributed by atoms with Gasteiger partial charge in [-0.15, -0.1) is 11.6 Å². The number of nitrogens with one attached hydrogen (secondary N) is 1. The monoisotopic (exact) mass is 293 g/mol. The summed E-state index contributed by atoms with van der Waals surface area (Å²) < 4.78 is 12.9. The van der Waals surface area contributed by atoms with Crippen molar-refractivity contribution in [3.63, 3.8) is 0 Å². The zero-order valence-corrected chi connectivity index (χ0v) is 12.4. The largest absolute Gasteiger partial charge is 0.300 e. The lowest BCUT2D eigenvalue weighted by molar-refractivity contribution is 0.564. The van der Waals surface area contributed by atoms with Gasteiger partial charge in [0.1, 0.15) is 0 Å². The third-order valence-electron chi connectivity index (χ3n) is 3.04. The molecule has 0 saturated carbocycles. The molecule has 0 saturated heterocycles. The Bertz CT molecular complexity index is 559. The third kappa shape index (κ3) is 3.48. The molecule has 2 rings (SSSR count). The van der Waals surface area contributed by atoms with Gasteiger partial charge < -0.3 is 4.57 Å². The van der Waals surface area contributed by atoms with Crippen molar-refractivity contribution in [1.29, 1.82) is 0 Å². The van der Waals surface area contributed by atoms with Crippen LogP contribution >= 0.6 is 18.9 Å². The summed E-state index contributed by atoms with van der Waals surface area (Å²) in [7, 11) is -2.76. The van der Waals surface area contributed by atoms with Gasteiger partial charge in [-0.1, -0.05) is 60.7 Å². The van der Waals surface area contributed by atoms with Crippen molar-refractivity contribution in [2.45, 2.75) is 13.0 Å². The number of halogens is 1. The Hall–Kier alpha value is -1.08. The van der Waals surface area contributed by atoms with Crippen LogP contribution in [0.25, 0.3) is 0 Å². The van der Waals surface area contributed by atoms with Crippen molar-refractivity contribution in [3.8, 4) is 0 Å². The molecular weight excluding hydrogens is 277 g/mol. The maximum absolute atomic E-state index is 12.9. The minimum absolute atomic E-state index is 0.00834. The summed E-state index contributed by atoms with van der Waals surface area (Å²) in [6.07, 6.45) is 0. The lowest BCUT2D eigenvalue weighted by atomic mass is 10.1. The molecule has 0 radical (unpaired) electrons. The van der Waals surface area contributed by atoms with Crippen LogP contribution in [0.15, 0.2) is 60.7 Å². The van der Waals surface area contributed by atoms with E-state index >= 15 is 0 Å². The Kier molecular flexibility index (Phi) is 4.81. The highest BCUT2D eigenvalue weighted by Gasteiger charge is 2.25. The van der Waals surface area contributed by atoms with Crippen LogP contribution in [0, 0.1) is 0 Å². The standard InChI is InChI=1S/C15H17ClNOP/c1-13(14-8-4-2-5-9-14)17-19(18,12-16)15-10-6-3-7-11-15/h2-11,13H,12H2,1H3,(H,17,18)/t13-,19?/m1/s1. The Morgan fingerprint density at radius 3 is 2.11 bits per heavy atom. The summed E-state index contributed by atoms with van der Waals surface area (Å²) in [5.41, 5.74) is 1.19. The molecule has 1 N–H and O–H groups in total. The van der Waals surface area contributed by atoms with Gasteiger partial charge in [0, 0.05) is 11.3 Å². The van der Waals surface area contributed by atoms with E-state index in [0.717, 1.165) is 10.9 Å². The second kappa shape index (κ2) is 6.38. The molecular formula is C15H17ClNOP. The third-order valence-corrected chi connectivity index (χ3v) is 6.33. The van der Waals surface area contributed by atoms with E-state index < -0.39 is 7.29 Å². The average Bonchev–Trinajstić information content (AvgIpc) is 2.49. The van der Waals surface area contributed by atoms with Gasteiger partial charge in [0.25, 0.3) is 0 Å². The summed E-state index contributed by atoms with van der Waals surface area (Å²) in [5, 5.41) is 3.97. The van der Waals surface area contributed by atoms with Gasteiger partial charge in [0.2, 0.25) is 0 Å². The van der Waals surface area contributed by atoms with Gasteiger partial charge in [-0.05, 0) is 12.5 Å². The molecule has 2 aromatic rings. The van der Waals surface area contributed by atoms with Crippen molar-refractivity contribution in [2.75, 3.05) is 5.62 Å². The Labute approximate surface area is 119 Å². The quantitative estimate of drug-likeness (QED) is 0.663. The van der Waals surface area contributed by atoms with E-state index in [1.807, 2.05) is 67.6 Å². The fourth-order valence-electron chi connectivity index (χ4n) is 1.98. The van der Waals surface area contributed by atoms with Crippen LogP contribution in [0.4, 0.5) is 0 Å². The molecule has 0 bridgehead atoms. The first-order valence-corrected chi connectivity index (χ1v) is 8.62. The van der Waals surface area contributed by atoms with Crippen LogP contribution in [-0.4, -0.2) is 5.62 Å². The number of hydrogen-bond donors (Lipinski definition) is 1. The van der Waals surface area contributed by atoms with E-state index in [9.17, 15) is 4.57 Å². The van der Waals surface area contributed by atoms with Gasteiger partial charge in [-0.2, -0.15) is 0 Å². The van der Waals surface area contributed by atoms with Crippen LogP contribution < -0.4 is 10.4 Å². The highest BCUT2D eigenvalue weighted by molar-refractivity contribution is 7.71. The second-order valence-corrected chi connectivity index (χ2v) is 7.67. The average molecular weight is 294 g/mol. The van der Waals surface area contributed by atoms with Gasteiger partial charge in [-0.3, -0.25) is 5.09 Å². The molecule has 100 valence electrons. The van der Waals surface area contributed by atoms with Gasteiger partial charge in [0.05, 0.1) is 5.62 Å². The van der Waals surface area contributed by atoms with Crippen LogP contribution in [0.1, 0.15) is 18.5 Å². The summed E-state index contributed by atoms with van der Waals surface area (Å²) in [4.78, 5) is 0. The van der Waals surface area contributed by atoms with Crippen molar-refractivity contribution < 1.29 is 4.57 Å². The maximum Gasteiger partial charge on any atom is 0.190 e. The Morgan fingerprint density at radius 1 is 1.05 bits per heavy atom. The molecule has 19 heavy (non-hydrogen) atoms. The SMILES string of the molecule is C[C@@H](NP(=O)(CCl)c1ccccc1)c1ccccc1. The molecule has 2 nitrogen and oxygen atoms in total. The van der Waals surface area contributed by atoms with Gasteiger partial charge in [-0.25, -0.2) is 0 Å². The fraction of sp³-hybridized carbons (Fsp3) is 0.200. The molecule has 1 unspecified atom stereocenters. The summed E-state index contributed by atoms with van der Waals surface area (Å²) in [6, 6.07) is 19.3. The van der Waals surface area contributed by atoms with E-state index in [1.165, 1.54) is 0 Å². The predicted octanol–water partition coefficient (Wildman–Crippen LogP) is 4.14. The van der Waals surface area contributed by atoms with Crippen LogP contribution in [0.5, 0.6) is 0 Å². The molecule has 2 atom stereocenters. The van der Waals surface area contributed by atoms with Crippen LogP contribution in [-0.2, 0) is 4.57 Å². The van der Waals surface area contributed by atoms with Crippen LogP contribution in [0.2, 0.25) is 0 Å². The highest BCUT2D eigenvalue weighted by atomic mass is 35.5. The fourth-order valence-corrected chi connectivity index (χ4v) is 4.38. The zero-order valence-electron chi connectivity index (χ0n) is 10.8. The number of alkyl halides is 1. The first kappa shape index (κ1) is 14.3. The first-order chi connectivity index (χ1) is 9.15. The summed E-state index contributed by atoms with van der Waals surface area (Å²) in [6.45, 7) is 2.00. The molecule has 0 aliphatic carbocycles. The minimum atomic E-state index is -2.76. The topological polar surface area (TPSA) is 29.1 Å². The van der Waals surface area contributed by atoms with E-state index in [-0.39, 0.29) is 11.7 Å². The van der Waals surface area contributed by atoms with Crippen LogP contribution in [0.3, 0.4) is 0 Å². The van der Waals surface area contributed by atoms with Gasteiger partial charge >= 0.3 is 0 Å². The smallest absolute Gasteiger partial charge is 0.190 e. The number of benzene rings is 2. The molecule has 0 aliphatic rings. The van der Waals surface area contributed by atoms with Gasteiger partial charge in [0.15, 0.2) is 7.29 Å². The molecule has 0 amide bonds. The minimum Gasteiger partial charge on any atom is -0.300 e. The van der Waals surface area contributed by atoms with Crippen molar-refractivity contribution in [2.24, 2.45) is 0 Å². The molecule has 4 heteroatoms. The highest BCUT2D eigenvalue weighted by Crippen LogP contribution is 2.43. The molecule has 0 spiro atoms. The molecule has 0 fully saturated rings. The zero-order chi connectivity index (χ0) is 13.7. The summed E-state index contributed by atoms with van der Waals surface area (Å²) in [5.74, 6) is 0. The van der Waals surface area contributed by atoms with Crippen molar-refractivity contribution in [3.05, 3.63) is 66.2 Å². The maximum atomic E-state index is 12.9.